The van der Waals surface area contributed by atoms with Gasteiger partial charge in [0.05, 0.1) is 19.6 Å². The van der Waals surface area contributed by atoms with Gasteiger partial charge < -0.3 is 40.1 Å². The smallest absolute Gasteiger partial charge is 0.329 e. The van der Waals surface area contributed by atoms with E-state index in [2.05, 4.69) is 16.0 Å². The van der Waals surface area contributed by atoms with Crippen molar-refractivity contribution in [3.05, 3.63) is 70.0 Å². The summed E-state index contributed by atoms with van der Waals surface area (Å²) in [6.45, 7) is 4.80. The van der Waals surface area contributed by atoms with Crippen molar-refractivity contribution in [3.8, 4) is 0 Å². The first-order valence-electron chi connectivity index (χ1n) is 19.5. The van der Waals surface area contributed by atoms with Crippen molar-refractivity contribution in [1.82, 2.24) is 30.7 Å². The molecule has 8 atom stereocenters. The quantitative estimate of drug-likeness (QED) is 0.347. The highest BCUT2D eigenvalue weighted by atomic mass is 35.5. The summed E-state index contributed by atoms with van der Waals surface area (Å²) in [5, 5.41) is 7.78. The molecule has 4 fully saturated rings. The average molecular weight is 847 g/mol. The Kier molecular flexibility index (Phi) is 13.5. The molecule has 19 heteroatoms. The maximum Gasteiger partial charge on any atom is 0.329 e. The molecule has 6 rings (SSSR count). The van der Waals surface area contributed by atoms with Crippen LogP contribution < -0.4 is 16.0 Å². The van der Waals surface area contributed by atoms with Crippen LogP contribution in [-0.4, -0.2) is 131 Å². The second-order valence-electron chi connectivity index (χ2n) is 15.5. The minimum absolute atomic E-state index is 0.0135. The number of halogens is 4. The molecule has 318 valence electrons. The summed E-state index contributed by atoms with van der Waals surface area (Å²) in [5.74, 6) is -8.30. The third-order valence-electron chi connectivity index (χ3n) is 11.0. The van der Waals surface area contributed by atoms with Crippen LogP contribution in [-0.2, 0) is 55.9 Å². The predicted octanol–water partition coefficient (Wildman–Crippen LogP) is 1.42. The first-order chi connectivity index (χ1) is 28.0. The molecule has 59 heavy (non-hydrogen) atoms. The van der Waals surface area contributed by atoms with Crippen molar-refractivity contribution in [2.24, 2.45) is 5.92 Å². The molecule has 4 heterocycles. The Bertz CT molecular complexity index is 1990. The fourth-order valence-electron chi connectivity index (χ4n) is 8.10. The lowest BCUT2D eigenvalue weighted by Gasteiger charge is -2.39. The highest BCUT2D eigenvalue weighted by Crippen LogP contribution is 2.28. The molecule has 4 aliphatic rings. The number of hydrogen-bond acceptors (Lipinski definition) is 9. The van der Waals surface area contributed by atoms with E-state index in [1.165, 1.54) is 40.7 Å². The maximum absolute atomic E-state index is 14.7. The summed E-state index contributed by atoms with van der Waals surface area (Å²) in [6, 6.07) is -1.60. The number of carbonyl (C=O) groups is 7. The van der Waals surface area contributed by atoms with Crippen LogP contribution in [0.2, 0.25) is 5.02 Å². The number of cyclic esters (lactones) is 1. The molecule has 15 nitrogen and oxygen atoms in total. The zero-order valence-electron chi connectivity index (χ0n) is 32.7. The summed E-state index contributed by atoms with van der Waals surface area (Å²) < 4.78 is 54.7. The van der Waals surface area contributed by atoms with Crippen LogP contribution in [0.3, 0.4) is 0 Å². The lowest BCUT2D eigenvalue weighted by Crippen LogP contribution is -2.64. The van der Waals surface area contributed by atoms with E-state index in [4.69, 9.17) is 21.1 Å². The van der Waals surface area contributed by atoms with Crippen LogP contribution in [0.5, 0.6) is 0 Å². The molecule has 0 radical (unpaired) electrons. The molecular formula is C40H46ClF3N6O9. The highest BCUT2D eigenvalue weighted by molar-refractivity contribution is 6.30. The first-order valence-corrected chi connectivity index (χ1v) is 19.9. The normalized spacial score (nSPS) is 27.3. The number of carbonyl (C=O) groups excluding carboxylic acids is 7. The van der Waals surface area contributed by atoms with Crippen LogP contribution >= 0.6 is 11.6 Å². The Hall–Kier alpha value is -5.23. The van der Waals surface area contributed by atoms with Crippen molar-refractivity contribution in [1.29, 1.82) is 0 Å². The van der Waals surface area contributed by atoms with Gasteiger partial charge in [0.25, 0.3) is 0 Å². The SMILES string of the molecule is C[C@@H]1C[C@H]2C(=O)O[C@@H](C)[C@H](NC(=O)[C@H](Cc3cc(F)cc(F)c3)NC(=O)Cc3ccc(Cl)cc3F)C(=O)N3CCC[C@H]3C(=O)N3CCOC[C@H]3C(=O)N[C@@H](C)C(=O)N2C1. The Morgan fingerprint density at radius 3 is 2.32 bits per heavy atom. The van der Waals surface area contributed by atoms with Gasteiger partial charge >= 0.3 is 5.97 Å². The lowest BCUT2D eigenvalue weighted by molar-refractivity contribution is -0.164. The van der Waals surface area contributed by atoms with Crippen LogP contribution in [0.15, 0.2) is 36.4 Å². The van der Waals surface area contributed by atoms with Gasteiger partial charge in [-0.05, 0) is 74.4 Å². The number of hydrogen-bond donors (Lipinski definition) is 3. The van der Waals surface area contributed by atoms with Gasteiger partial charge in [-0.15, -0.1) is 0 Å². The number of rotatable bonds is 7. The molecule has 3 N–H and O–H groups in total. The van der Waals surface area contributed by atoms with E-state index in [1.807, 2.05) is 6.92 Å². The number of ether oxygens (including phenoxy) is 2. The molecule has 4 saturated heterocycles. The van der Waals surface area contributed by atoms with E-state index in [0.717, 1.165) is 18.2 Å². The number of fused-ring (bicyclic) bond motifs is 3. The number of esters is 1. The summed E-state index contributed by atoms with van der Waals surface area (Å²) in [7, 11) is 0. The minimum Gasteiger partial charge on any atom is -0.458 e. The van der Waals surface area contributed by atoms with Crippen molar-refractivity contribution < 1.29 is 56.2 Å². The van der Waals surface area contributed by atoms with E-state index >= 15 is 0 Å². The molecule has 0 saturated carbocycles. The third kappa shape index (κ3) is 9.98. The average Bonchev–Trinajstić information content (AvgIpc) is 3.83. The monoisotopic (exact) mass is 846 g/mol. The predicted molar refractivity (Wildman–Crippen MR) is 203 cm³/mol. The second-order valence-corrected chi connectivity index (χ2v) is 16.0. The minimum atomic E-state index is -1.70. The molecule has 2 aromatic carbocycles. The van der Waals surface area contributed by atoms with Crippen molar-refractivity contribution >= 4 is 53.0 Å². The van der Waals surface area contributed by atoms with E-state index < -0.39 is 114 Å². The standard InChI is InChI=1S/C40H46ClF3N6O9/c1-20-11-31-40(57)59-22(3)34(47-35(52)29(14-23-12-26(42)17-27(43)13-23)46-33(51)15-24-6-7-25(41)16-28(24)44)39(56)48-8-4-5-30(48)38(55)49-9-10-58-19-32(49)36(53)45-21(2)37(54)50(31)18-20/h6-7,12-13,16-17,20-22,29-32,34H,4-5,8-11,14-15,18-19H2,1-3H3,(H,45,53)(H,46,51)(H,47,52)/t20-,21+,22+,29+,30+,31+,32+,34+/m1/s1. The topological polar surface area (TPSA) is 184 Å². The van der Waals surface area contributed by atoms with E-state index in [9.17, 15) is 46.7 Å². The number of benzene rings is 2. The fourth-order valence-corrected chi connectivity index (χ4v) is 8.25. The summed E-state index contributed by atoms with van der Waals surface area (Å²) in [6.07, 6.45) is -1.74. The zero-order chi connectivity index (χ0) is 42.7. The number of amides is 6. The first kappa shape index (κ1) is 43.4. The van der Waals surface area contributed by atoms with Gasteiger partial charge in [-0.3, -0.25) is 28.8 Å². The Morgan fingerprint density at radius 1 is 0.898 bits per heavy atom. The Balaban J connectivity index is 1.34. The molecule has 0 aromatic heterocycles. The van der Waals surface area contributed by atoms with E-state index in [0.29, 0.717) is 12.5 Å². The van der Waals surface area contributed by atoms with E-state index in [1.54, 1.807) is 0 Å². The van der Waals surface area contributed by atoms with Gasteiger partial charge in [-0.1, -0.05) is 24.6 Å². The van der Waals surface area contributed by atoms with Gasteiger partial charge in [0, 0.05) is 37.1 Å². The molecule has 2 aromatic rings. The summed E-state index contributed by atoms with van der Waals surface area (Å²) >= 11 is 5.85. The number of morpholine rings is 1. The van der Waals surface area contributed by atoms with Crippen LogP contribution in [0.1, 0.15) is 51.2 Å². The van der Waals surface area contributed by atoms with Crippen LogP contribution in [0.4, 0.5) is 13.2 Å². The van der Waals surface area contributed by atoms with Crippen LogP contribution in [0, 0.1) is 23.4 Å². The van der Waals surface area contributed by atoms with E-state index in [-0.39, 0.29) is 67.8 Å². The number of nitrogens with one attached hydrogen (secondary N) is 3. The van der Waals surface area contributed by atoms with Gasteiger partial charge in [0.15, 0.2) is 0 Å². The molecule has 0 bridgehead atoms. The lowest BCUT2D eigenvalue weighted by atomic mass is 10.0. The van der Waals surface area contributed by atoms with Gasteiger partial charge in [-0.2, -0.15) is 0 Å². The van der Waals surface area contributed by atoms with Crippen molar-refractivity contribution in [2.45, 2.75) is 95.2 Å². The number of nitrogens with zero attached hydrogens (tertiary/aromatic N) is 3. The maximum atomic E-state index is 14.7. The van der Waals surface area contributed by atoms with Crippen molar-refractivity contribution in [2.75, 3.05) is 32.8 Å². The van der Waals surface area contributed by atoms with Gasteiger partial charge in [0.1, 0.15) is 59.8 Å². The zero-order valence-corrected chi connectivity index (χ0v) is 33.4. The molecule has 4 aliphatic heterocycles. The molecule has 0 unspecified atom stereocenters. The largest absolute Gasteiger partial charge is 0.458 e. The van der Waals surface area contributed by atoms with Gasteiger partial charge in [0.2, 0.25) is 35.4 Å². The highest BCUT2D eigenvalue weighted by Gasteiger charge is 2.47. The molecule has 0 aliphatic carbocycles. The fraction of sp³-hybridized carbons (Fsp3) is 0.525. The Morgan fingerprint density at radius 2 is 1.61 bits per heavy atom. The third-order valence-corrected chi connectivity index (χ3v) is 11.3. The second kappa shape index (κ2) is 18.4. The molecule has 6 amide bonds. The van der Waals surface area contributed by atoms with Crippen molar-refractivity contribution in [3.63, 3.8) is 0 Å². The summed E-state index contributed by atoms with van der Waals surface area (Å²) in [4.78, 5) is 102. The van der Waals surface area contributed by atoms with Crippen LogP contribution in [0.25, 0.3) is 0 Å². The molecule has 0 spiro atoms. The molecular weight excluding hydrogens is 801 g/mol. The Labute approximate surface area is 343 Å². The van der Waals surface area contributed by atoms with Gasteiger partial charge in [-0.25, -0.2) is 18.0 Å². The summed E-state index contributed by atoms with van der Waals surface area (Å²) in [5.41, 5.74) is -0.114.